The predicted molar refractivity (Wildman–Crippen MR) is 77.2 cm³/mol. The zero-order valence-electron chi connectivity index (χ0n) is 11.3. The molecule has 0 unspecified atom stereocenters. The fourth-order valence-electron chi connectivity index (χ4n) is 1.24. The molecule has 0 heterocycles. The van der Waals surface area contributed by atoms with Crippen LogP contribution >= 0.6 is 11.6 Å². The molecule has 0 aliphatic carbocycles. The van der Waals surface area contributed by atoms with E-state index in [0.717, 1.165) is 4.31 Å². The van der Waals surface area contributed by atoms with E-state index in [9.17, 15) is 13.2 Å². The minimum absolute atomic E-state index is 0.346. The number of methoxy groups -OCH3 is 1. The molecule has 1 rings (SSSR count). The van der Waals surface area contributed by atoms with Gasteiger partial charge in [-0.15, -0.1) is 0 Å². The topological polar surface area (TPSA) is 87.7 Å². The van der Waals surface area contributed by atoms with Crippen LogP contribution in [0, 0.1) is 0 Å². The highest BCUT2D eigenvalue weighted by Crippen LogP contribution is 2.27. The first kappa shape index (κ1) is 16.7. The van der Waals surface area contributed by atoms with Crippen molar-refractivity contribution in [2.24, 2.45) is 0 Å². The van der Waals surface area contributed by atoms with E-state index in [1.54, 1.807) is 12.1 Å². The molecule has 0 radical (unpaired) electrons. The second-order valence-electron chi connectivity index (χ2n) is 4.01. The number of carbonyl (C=O) groups is 1. The molecule has 9 heteroatoms. The van der Waals surface area contributed by atoms with E-state index in [0.29, 0.717) is 16.5 Å². The Labute approximate surface area is 123 Å². The van der Waals surface area contributed by atoms with E-state index in [-0.39, 0.29) is 6.54 Å². The highest BCUT2D eigenvalue weighted by Gasteiger charge is 2.14. The maximum atomic E-state index is 11.6. The maximum absolute atomic E-state index is 11.6. The van der Waals surface area contributed by atoms with Gasteiger partial charge in [0.15, 0.2) is 0 Å². The summed E-state index contributed by atoms with van der Waals surface area (Å²) in [4.78, 5) is 11.6. The molecule has 20 heavy (non-hydrogen) atoms. The maximum Gasteiger partial charge on any atom is 0.279 e. The molecule has 7 nitrogen and oxygen atoms in total. The van der Waals surface area contributed by atoms with E-state index in [4.69, 9.17) is 16.3 Å². The molecule has 0 aliphatic heterocycles. The zero-order chi connectivity index (χ0) is 15.3. The van der Waals surface area contributed by atoms with Crippen LogP contribution in [0.4, 0.5) is 5.69 Å². The van der Waals surface area contributed by atoms with Crippen molar-refractivity contribution in [3.63, 3.8) is 0 Å². The van der Waals surface area contributed by atoms with Crippen molar-refractivity contribution in [1.82, 2.24) is 9.03 Å². The highest BCUT2D eigenvalue weighted by atomic mass is 35.5. The SMILES string of the molecule is COc1ccc(NC(=O)CNS(=O)(=O)N(C)C)cc1Cl. The Bertz CT molecular complexity index is 589. The van der Waals surface area contributed by atoms with Crippen LogP contribution in [-0.2, 0) is 15.0 Å². The Hall–Kier alpha value is -1.35. The first-order valence-corrected chi connectivity index (χ1v) is 7.38. The van der Waals surface area contributed by atoms with Crippen molar-refractivity contribution in [2.75, 3.05) is 33.1 Å². The largest absolute Gasteiger partial charge is 0.495 e. The third-order valence-electron chi connectivity index (χ3n) is 2.33. The summed E-state index contributed by atoms with van der Waals surface area (Å²) in [6, 6.07) is 4.71. The number of rotatable bonds is 6. The Balaban J connectivity index is 2.61. The van der Waals surface area contributed by atoms with Gasteiger partial charge in [0.25, 0.3) is 10.2 Å². The summed E-state index contributed by atoms with van der Waals surface area (Å²) in [6.07, 6.45) is 0. The van der Waals surface area contributed by atoms with Crippen LogP contribution in [0.15, 0.2) is 18.2 Å². The molecular formula is C11H16ClN3O4S. The van der Waals surface area contributed by atoms with E-state index < -0.39 is 16.1 Å². The number of hydrogen-bond donors (Lipinski definition) is 2. The Kier molecular flexibility index (Phi) is 5.75. The van der Waals surface area contributed by atoms with Gasteiger partial charge >= 0.3 is 0 Å². The quantitative estimate of drug-likeness (QED) is 0.806. The van der Waals surface area contributed by atoms with Crippen molar-refractivity contribution >= 4 is 33.4 Å². The molecular weight excluding hydrogens is 306 g/mol. The average molecular weight is 322 g/mol. The molecule has 0 saturated heterocycles. The molecule has 112 valence electrons. The van der Waals surface area contributed by atoms with Gasteiger partial charge in [0.05, 0.1) is 18.7 Å². The number of ether oxygens (including phenoxy) is 1. The summed E-state index contributed by atoms with van der Waals surface area (Å²) in [6.45, 7) is -0.371. The van der Waals surface area contributed by atoms with Crippen LogP contribution in [-0.4, -0.2) is 46.4 Å². The number of anilines is 1. The van der Waals surface area contributed by atoms with Crippen molar-refractivity contribution in [2.45, 2.75) is 0 Å². The van der Waals surface area contributed by atoms with Crippen LogP contribution in [0.2, 0.25) is 5.02 Å². The lowest BCUT2D eigenvalue weighted by Gasteiger charge is -2.12. The number of nitrogens with one attached hydrogen (secondary N) is 2. The molecule has 0 atom stereocenters. The minimum atomic E-state index is -3.63. The van der Waals surface area contributed by atoms with Gasteiger partial charge in [0.1, 0.15) is 5.75 Å². The van der Waals surface area contributed by atoms with E-state index in [2.05, 4.69) is 10.0 Å². The molecule has 0 saturated carbocycles. The van der Waals surface area contributed by atoms with Gasteiger partial charge in [-0.1, -0.05) is 11.6 Å². The molecule has 0 aliphatic rings. The van der Waals surface area contributed by atoms with Crippen LogP contribution in [0.1, 0.15) is 0 Å². The second kappa shape index (κ2) is 6.89. The lowest BCUT2D eigenvalue weighted by atomic mass is 10.3. The zero-order valence-corrected chi connectivity index (χ0v) is 12.9. The Morgan fingerprint density at radius 3 is 2.55 bits per heavy atom. The predicted octanol–water partition coefficient (Wildman–Crippen LogP) is 0.683. The van der Waals surface area contributed by atoms with Gasteiger partial charge in [0.2, 0.25) is 5.91 Å². The van der Waals surface area contributed by atoms with Gasteiger partial charge in [-0.3, -0.25) is 4.79 Å². The van der Waals surface area contributed by atoms with Crippen LogP contribution in [0.25, 0.3) is 0 Å². The number of halogens is 1. The minimum Gasteiger partial charge on any atom is -0.495 e. The van der Waals surface area contributed by atoms with Crippen molar-refractivity contribution < 1.29 is 17.9 Å². The summed E-state index contributed by atoms with van der Waals surface area (Å²) in [5.74, 6) is -0.0189. The monoisotopic (exact) mass is 321 g/mol. The highest BCUT2D eigenvalue weighted by molar-refractivity contribution is 7.87. The fraction of sp³-hybridized carbons (Fsp3) is 0.364. The second-order valence-corrected chi connectivity index (χ2v) is 6.38. The molecule has 0 bridgehead atoms. The summed E-state index contributed by atoms with van der Waals surface area (Å²) in [5.41, 5.74) is 0.449. The van der Waals surface area contributed by atoms with Crippen LogP contribution < -0.4 is 14.8 Å². The number of carbonyl (C=O) groups excluding carboxylic acids is 1. The van der Waals surface area contributed by atoms with Gasteiger partial charge in [0, 0.05) is 19.8 Å². The number of amides is 1. The Morgan fingerprint density at radius 1 is 1.40 bits per heavy atom. The van der Waals surface area contributed by atoms with E-state index >= 15 is 0 Å². The van der Waals surface area contributed by atoms with E-state index in [1.807, 2.05) is 0 Å². The standard InChI is InChI=1S/C11H16ClN3O4S/c1-15(2)20(17,18)13-7-11(16)14-8-4-5-10(19-3)9(12)6-8/h4-6,13H,7H2,1-3H3,(H,14,16). The summed E-state index contributed by atoms with van der Waals surface area (Å²) in [5, 5.41) is 2.87. The lowest BCUT2D eigenvalue weighted by molar-refractivity contribution is -0.115. The molecule has 2 N–H and O–H groups in total. The van der Waals surface area contributed by atoms with Gasteiger partial charge in [-0.05, 0) is 18.2 Å². The number of nitrogens with zero attached hydrogens (tertiary/aromatic N) is 1. The molecule has 0 aromatic heterocycles. The van der Waals surface area contributed by atoms with Crippen LogP contribution in [0.5, 0.6) is 5.75 Å². The fourth-order valence-corrected chi connectivity index (χ4v) is 2.06. The first-order chi connectivity index (χ1) is 9.26. The molecule has 0 spiro atoms. The van der Waals surface area contributed by atoms with Crippen molar-refractivity contribution in [1.29, 1.82) is 0 Å². The summed E-state index contributed by atoms with van der Waals surface area (Å²) >= 11 is 5.91. The molecule has 1 aromatic rings. The smallest absolute Gasteiger partial charge is 0.279 e. The molecule has 0 fully saturated rings. The average Bonchev–Trinajstić information content (AvgIpc) is 2.36. The Morgan fingerprint density at radius 2 is 2.05 bits per heavy atom. The van der Waals surface area contributed by atoms with Gasteiger partial charge in [-0.2, -0.15) is 17.4 Å². The third-order valence-corrected chi connectivity index (χ3v) is 4.10. The van der Waals surface area contributed by atoms with Crippen molar-refractivity contribution in [3.8, 4) is 5.75 Å². The van der Waals surface area contributed by atoms with Crippen LogP contribution in [0.3, 0.4) is 0 Å². The third kappa shape index (κ3) is 4.64. The summed E-state index contributed by atoms with van der Waals surface area (Å²) in [7, 11) is 0.583. The lowest BCUT2D eigenvalue weighted by Crippen LogP contribution is -2.40. The number of benzene rings is 1. The normalized spacial score (nSPS) is 11.4. The van der Waals surface area contributed by atoms with E-state index in [1.165, 1.54) is 27.3 Å². The van der Waals surface area contributed by atoms with Gasteiger partial charge in [-0.25, -0.2) is 0 Å². The number of hydrogen-bond acceptors (Lipinski definition) is 4. The molecule has 1 amide bonds. The first-order valence-electron chi connectivity index (χ1n) is 5.57. The molecule has 1 aromatic carbocycles. The van der Waals surface area contributed by atoms with Gasteiger partial charge < -0.3 is 10.1 Å². The van der Waals surface area contributed by atoms with Crippen molar-refractivity contribution in [3.05, 3.63) is 23.2 Å². The summed E-state index contributed by atoms with van der Waals surface area (Å²) < 4.78 is 30.9.